The average molecular weight is 555 g/mol. The van der Waals surface area contributed by atoms with Gasteiger partial charge >= 0.3 is 0 Å². The molecule has 0 saturated heterocycles. The topological polar surface area (TPSA) is 73.8 Å². The SMILES string of the molecule is CCN(CC)CCN(C(=O)c1ccc(S(=O)(=O)N(CC)c2ccccc2)cc1)c1nc2ccc(F)cc2s1. The van der Waals surface area contributed by atoms with Crippen molar-refractivity contribution in [2.24, 2.45) is 0 Å². The van der Waals surface area contributed by atoms with Gasteiger partial charge in [-0.2, -0.15) is 0 Å². The molecule has 7 nitrogen and oxygen atoms in total. The minimum atomic E-state index is -3.81. The number of amides is 1. The molecule has 0 spiro atoms. The van der Waals surface area contributed by atoms with Gasteiger partial charge in [0.1, 0.15) is 5.82 Å². The molecule has 0 saturated carbocycles. The number of para-hydroxylation sites is 1. The molecule has 0 aliphatic carbocycles. The third kappa shape index (κ3) is 5.87. The molecule has 0 atom stereocenters. The van der Waals surface area contributed by atoms with Crippen LogP contribution in [-0.2, 0) is 10.0 Å². The number of hydrogen-bond donors (Lipinski definition) is 0. The second-order valence-corrected chi connectivity index (χ2v) is 11.5. The lowest BCUT2D eigenvalue weighted by Crippen LogP contribution is -2.39. The number of hydrogen-bond acceptors (Lipinski definition) is 6. The Hall–Kier alpha value is -3.34. The summed E-state index contributed by atoms with van der Waals surface area (Å²) < 4.78 is 42.5. The van der Waals surface area contributed by atoms with E-state index < -0.39 is 10.0 Å². The number of nitrogens with zero attached hydrogens (tertiary/aromatic N) is 4. The Morgan fingerprint density at radius 1 is 0.895 bits per heavy atom. The summed E-state index contributed by atoms with van der Waals surface area (Å²) in [6.45, 7) is 8.87. The van der Waals surface area contributed by atoms with Crippen molar-refractivity contribution in [3.63, 3.8) is 0 Å². The zero-order chi connectivity index (χ0) is 27.3. The van der Waals surface area contributed by atoms with Crippen LogP contribution in [0.2, 0.25) is 0 Å². The predicted molar refractivity (Wildman–Crippen MR) is 152 cm³/mol. The standard InChI is InChI=1S/C28H31FN4O3S2/c1-4-31(5-2)18-19-32(28-30-25-17-14-22(29)20-26(25)37-28)27(34)21-12-15-24(16-13-21)38(35,36)33(6-3)23-10-8-7-9-11-23/h7-17,20H,4-6,18-19H2,1-3H3. The van der Waals surface area contributed by atoms with Gasteiger partial charge in [-0.25, -0.2) is 17.8 Å². The summed E-state index contributed by atoms with van der Waals surface area (Å²) in [5.41, 5.74) is 1.54. The molecular weight excluding hydrogens is 523 g/mol. The lowest BCUT2D eigenvalue weighted by atomic mass is 10.2. The van der Waals surface area contributed by atoms with Crippen molar-refractivity contribution in [1.29, 1.82) is 0 Å². The van der Waals surface area contributed by atoms with Gasteiger partial charge in [0.05, 0.1) is 20.8 Å². The van der Waals surface area contributed by atoms with Gasteiger partial charge in [0.25, 0.3) is 15.9 Å². The molecule has 1 heterocycles. The van der Waals surface area contributed by atoms with Gasteiger partial charge in [-0.3, -0.25) is 14.0 Å². The second-order valence-electron chi connectivity index (χ2n) is 8.62. The number of aromatic nitrogens is 1. The molecule has 0 aliphatic rings. The van der Waals surface area contributed by atoms with E-state index in [4.69, 9.17) is 0 Å². The largest absolute Gasteiger partial charge is 0.302 e. The summed E-state index contributed by atoms with van der Waals surface area (Å²) in [5, 5.41) is 0.473. The number of benzene rings is 3. The number of halogens is 1. The van der Waals surface area contributed by atoms with Crippen LogP contribution in [0.15, 0.2) is 77.7 Å². The molecular formula is C28H31FN4O3S2. The molecule has 3 aromatic carbocycles. The first-order chi connectivity index (χ1) is 18.3. The molecule has 10 heteroatoms. The first-order valence-corrected chi connectivity index (χ1v) is 14.8. The van der Waals surface area contributed by atoms with E-state index in [-0.39, 0.29) is 23.2 Å². The van der Waals surface area contributed by atoms with Crippen molar-refractivity contribution in [1.82, 2.24) is 9.88 Å². The van der Waals surface area contributed by atoms with E-state index in [0.717, 1.165) is 13.1 Å². The quantitative estimate of drug-likeness (QED) is 0.240. The minimum absolute atomic E-state index is 0.102. The maximum absolute atomic E-state index is 13.8. The van der Waals surface area contributed by atoms with E-state index in [1.54, 1.807) is 42.2 Å². The molecule has 0 fully saturated rings. The van der Waals surface area contributed by atoms with Crippen molar-refractivity contribution in [2.45, 2.75) is 25.7 Å². The van der Waals surface area contributed by atoms with Crippen molar-refractivity contribution >= 4 is 48.3 Å². The van der Waals surface area contributed by atoms with Gasteiger partial charge in [-0.15, -0.1) is 0 Å². The van der Waals surface area contributed by atoms with Crippen molar-refractivity contribution < 1.29 is 17.6 Å². The number of carbonyl (C=O) groups excluding carboxylic acids is 1. The van der Waals surface area contributed by atoms with E-state index in [9.17, 15) is 17.6 Å². The maximum Gasteiger partial charge on any atom is 0.264 e. The molecule has 0 bridgehead atoms. The van der Waals surface area contributed by atoms with Crippen molar-refractivity contribution in [3.05, 3.63) is 84.2 Å². The molecule has 1 amide bonds. The Kier molecular flexibility index (Phi) is 8.76. The van der Waals surface area contributed by atoms with E-state index in [1.165, 1.54) is 52.0 Å². The smallest absolute Gasteiger partial charge is 0.264 e. The number of rotatable bonds is 11. The van der Waals surface area contributed by atoms with Crippen LogP contribution in [-0.4, -0.2) is 56.9 Å². The Labute approximate surface area is 227 Å². The van der Waals surface area contributed by atoms with Crippen molar-refractivity contribution in [2.75, 3.05) is 41.9 Å². The average Bonchev–Trinajstić information content (AvgIpc) is 3.34. The monoisotopic (exact) mass is 554 g/mol. The number of anilines is 2. The van der Waals surface area contributed by atoms with Crippen LogP contribution >= 0.6 is 11.3 Å². The summed E-state index contributed by atoms with van der Waals surface area (Å²) in [6.07, 6.45) is 0. The van der Waals surface area contributed by atoms with Gasteiger partial charge in [0.15, 0.2) is 5.13 Å². The maximum atomic E-state index is 13.8. The van der Waals surface area contributed by atoms with Gasteiger partial charge in [-0.1, -0.05) is 43.4 Å². The van der Waals surface area contributed by atoms with E-state index in [1.807, 2.05) is 6.07 Å². The van der Waals surface area contributed by atoms with Gasteiger partial charge in [0, 0.05) is 25.2 Å². The fourth-order valence-corrected chi connectivity index (χ4v) is 6.69. The Morgan fingerprint density at radius 2 is 1.58 bits per heavy atom. The Balaban J connectivity index is 1.64. The fourth-order valence-electron chi connectivity index (χ4n) is 4.21. The molecule has 1 aromatic heterocycles. The Morgan fingerprint density at radius 3 is 2.21 bits per heavy atom. The highest BCUT2D eigenvalue weighted by Crippen LogP contribution is 2.31. The predicted octanol–water partition coefficient (Wildman–Crippen LogP) is 5.64. The van der Waals surface area contributed by atoms with Crippen molar-refractivity contribution in [3.8, 4) is 0 Å². The minimum Gasteiger partial charge on any atom is -0.302 e. The first kappa shape index (κ1) is 27.7. The second kappa shape index (κ2) is 12.0. The molecule has 4 aromatic rings. The third-order valence-corrected chi connectivity index (χ3v) is 9.33. The lowest BCUT2D eigenvalue weighted by molar-refractivity contribution is 0.0983. The summed E-state index contributed by atoms with van der Waals surface area (Å²) in [4.78, 5) is 22.2. The highest BCUT2D eigenvalue weighted by molar-refractivity contribution is 7.92. The number of likely N-dealkylation sites (N-methyl/N-ethyl adjacent to an activating group) is 1. The number of thiazole rings is 1. The fraction of sp³-hybridized carbons (Fsp3) is 0.286. The molecule has 38 heavy (non-hydrogen) atoms. The highest BCUT2D eigenvalue weighted by atomic mass is 32.2. The van der Waals surface area contributed by atoms with Crippen LogP contribution in [0, 0.1) is 5.82 Å². The molecule has 0 radical (unpaired) electrons. The van der Waals surface area contributed by atoms with Gasteiger partial charge in [0.2, 0.25) is 0 Å². The summed E-state index contributed by atoms with van der Waals surface area (Å²) in [6, 6.07) is 19.3. The van der Waals surface area contributed by atoms with Crippen LogP contribution in [0.25, 0.3) is 10.2 Å². The molecule has 200 valence electrons. The Bertz CT molecular complexity index is 1490. The molecule has 0 unspecified atom stereocenters. The van der Waals surface area contributed by atoms with Gasteiger partial charge in [-0.05, 0) is 74.6 Å². The van der Waals surface area contributed by atoms with Crippen LogP contribution in [0.4, 0.5) is 15.2 Å². The number of fused-ring (bicyclic) bond motifs is 1. The van der Waals surface area contributed by atoms with E-state index in [2.05, 4.69) is 23.7 Å². The highest BCUT2D eigenvalue weighted by Gasteiger charge is 2.26. The van der Waals surface area contributed by atoms with Crippen LogP contribution in [0.3, 0.4) is 0 Å². The number of carbonyl (C=O) groups is 1. The van der Waals surface area contributed by atoms with Crippen LogP contribution in [0.1, 0.15) is 31.1 Å². The lowest BCUT2D eigenvalue weighted by Gasteiger charge is -2.25. The summed E-state index contributed by atoms with van der Waals surface area (Å²) in [7, 11) is -3.81. The van der Waals surface area contributed by atoms with Crippen LogP contribution < -0.4 is 9.21 Å². The molecule has 0 N–H and O–H groups in total. The van der Waals surface area contributed by atoms with E-state index in [0.29, 0.717) is 39.7 Å². The van der Waals surface area contributed by atoms with Gasteiger partial charge < -0.3 is 4.90 Å². The normalized spacial score (nSPS) is 11.7. The number of sulfonamides is 1. The zero-order valence-electron chi connectivity index (χ0n) is 21.7. The zero-order valence-corrected chi connectivity index (χ0v) is 23.3. The summed E-state index contributed by atoms with van der Waals surface area (Å²) in [5.74, 6) is -0.654. The molecule has 0 aliphatic heterocycles. The van der Waals surface area contributed by atoms with Crippen LogP contribution in [0.5, 0.6) is 0 Å². The van der Waals surface area contributed by atoms with E-state index >= 15 is 0 Å². The first-order valence-electron chi connectivity index (χ1n) is 12.6. The summed E-state index contributed by atoms with van der Waals surface area (Å²) >= 11 is 1.25. The molecule has 4 rings (SSSR count). The third-order valence-electron chi connectivity index (χ3n) is 6.37.